The second-order valence-electron chi connectivity index (χ2n) is 8.73. The van der Waals surface area contributed by atoms with Gasteiger partial charge in [0.05, 0.1) is 20.8 Å². The fraction of sp³-hybridized carbons (Fsp3) is 0.680. The van der Waals surface area contributed by atoms with Crippen molar-refractivity contribution >= 4 is 11.9 Å². The fourth-order valence-corrected chi connectivity index (χ4v) is 4.69. The van der Waals surface area contributed by atoms with Crippen molar-refractivity contribution in [2.75, 3.05) is 20.8 Å². The lowest BCUT2D eigenvalue weighted by molar-refractivity contribution is -0.160. The van der Waals surface area contributed by atoms with E-state index in [0.717, 1.165) is 24.0 Å². The van der Waals surface area contributed by atoms with E-state index < -0.39 is 30.4 Å². The molecule has 1 saturated carbocycles. The van der Waals surface area contributed by atoms with Gasteiger partial charge >= 0.3 is 11.9 Å². The van der Waals surface area contributed by atoms with E-state index in [0.29, 0.717) is 12.2 Å². The zero-order chi connectivity index (χ0) is 22.9. The Hall–Kier alpha value is -2.12. The van der Waals surface area contributed by atoms with Gasteiger partial charge in [-0.2, -0.15) is 0 Å². The van der Waals surface area contributed by atoms with Gasteiger partial charge in [0.25, 0.3) is 0 Å². The van der Waals surface area contributed by atoms with Crippen LogP contribution in [-0.4, -0.2) is 45.0 Å². The number of methoxy groups -OCH3 is 2. The summed E-state index contributed by atoms with van der Waals surface area (Å²) in [5.41, 5.74) is 0.682. The molecule has 7 heteroatoms. The molecular weight excluding hydrogens is 412 g/mol. The zero-order valence-electron chi connectivity index (χ0n) is 19.4. The highest BCUT2D eigenvalue weighted by atomic mass is 16.8. The second-order valence-corrected chi connectivity index (χ2v) is 8.73. The van der Waals surface area contributed by atoms with Gasteiger partial charge in [-0.1, -0.05) is 57.6 Å². The Bertz CT molecular complexity index is 700. The number of hydrogen-bond donors (Lipinski definition) is 0. The molecule has 0 N–H and O–H groups in total. The Labute approximate surface area is 190 Å². The maximum absolute atomic E-state index is 11.9. The van der Waals surface area contributed by atoms with Crippen LogP contribution in [0.15, 0.2) is 24.3 Å². The van der Waals surface area contributed by atoms with Crippen LogP contribution in [0.4, 0.5) is 0 Å². The number of esters is 2. The maximum Gasteiger partial charge on any atom is 0.338 e. The van der Waals surface area contributed by atoms with Gasteiger partial charge in [-0.05, 0) is 36.8 Å². The lowest BCUT2D eigenvalue weighted by atomic mass is 9.78. The van der Waals surface area contributed by atoms with E-state index in [9.17, 15) is 9.59 Å². The molecule has 178 valence electrons. The van der Waals surface area contributed by atoms with E-state index in [1.807, 2.05) is 24.3 Å². The SMILES string of the molecule is CCCC1CCC(CCCOc2ccc(C3O[C@@H](C(=O)OC)[C@H](C(=O)OC)O3)cc2)CC1. The van der Waals surface area contributed by atoms with Crippen LogP contribution < -0.4 is 4.74 Å². The monoisotopic (exact) mass is 448 g/mol. The first-order valence-corrected chi connectivity index (χ1v) is 11.7. The Morgan fingerprint density at radius 2 is 1.41 bits per heavy atom. The third-order valence-corrected chi connectivity index (χ3v) is 6.52. The molecule has 32 heavy (non-hydrogen) atoms. The number of rotatable bonds is 10. The molecule has 0 aromatic heterocycles. The van der Waals surface area contributed by atoms with E-state index in [4.69, 9.17) is 23.7 Å². The predicted molar refractivity (Wildman–Crippen MR) is 118 cm³/mol. The van der Waals surface area contributed by atoms with Crippen molar-refractivity contribution in [3.63, 3.8) is 0 Å². The first kappa shape index (κ1) is 24.5. The average Bonchev–Trinajstić information content (AvgIpc) is 3.28. The van der Waals surface area contributed by atoms with Gasteiger partial charge in [-0.15, -0.1) is 0 Å². The van der Waals surface area contributed by atoms with Crippen molar-refractivity contribution in [1.29, 1.82) is 0 Å². The Morgan fingerprint density at radius 1 is 0.875 bits per heavy atom. The molecule has 7 nitrogen and oxygen atoms in total. The largest absolute Gasteiger partial charge is 0.494 e. The summed E-state index contributed by atoms with van der Waals surface area (Å²) in [6.07, 6.45) is 7.29. The first-order chi connectivity index (χ1) is 15.5. The van der Waals surface area contributed by atoms with Crippen molar-refractivity contribution in [2.24, 2.45) is 11.8 Å². The molecule has 1 aliphatic carbocycles. The number of hydrogen-bond acceptors (Lipinski definition) is 7. The molecule has 1 heterocycles. The number of ether oxygens (including phenoxy) is 5. The van der Waals surface area contributed by atoms with Gasteiger partial charge < -0.3 is 23.7 Å². The van der Waals surface area contributed by atoms with Crippen molar-refractivity contribution in [3.8, 4) is 5.75 Å². The summed E-state index contributed by atoms with van der Waals surface area (Å²) in [4.78, 5) is 23.9. The molecule has 0 radical (unpaired) electrons. The van der Waals surface area contributed by atoms with Gasteiger partial charge in [-0.3, -0.25) is 0 Å². The molecule has 2 aliphatic rings. The molecule has 0 spiro atoms. The summed E-state index contributed by atoms with van der Waals surface area (Å²) in [5, 5.41) is 0. The number of carbonyl (C=O) groups excluding carboxylic acids is 2. The molecule has 0 unspecified atom stereocenters. The van der Waals surface area contributed by atoms with Gasteiger partial charge in [-0.25, -0.2) is 9.59 Å². The molecule has 0 bridgehead atoms. The van der Waals surface area contributed by atoms with Gasteiger partial charge in [0.15, 0.2) is 18.5 Å². The summed E-state index contributed by atoms with van der Waals surface area (Å²) < 4.78 is 26.6. The van der Waals surface area contributed by atoms with Crippen LogP contribution >= 0.6 is 0 Å². The summed E-state index contributed by atoms with van der Waals surface area (Å²) >= 11 is 0. The molecule has 0 amide bonds. The topological polar surface area (TPSA) is 80.3 Å². The molecule has 1 aromatic carbocycles. The van der Waals surface area contributed by atoms with Crippen LogP contribution in [0, 0.1) is 11.8 Å². The van der Waals surface area contributed by atoms with Crippen LogP contribution in [-0.2, 0) is 28.5 Å². The van der Waals surface area contributed by atoms with Gasteiger partial charge in [0, 0.05) is 5.56 Å². The molecule has 1 saturated heterocycles. The summed E-state index contributed by atoms with van der Waals surface area (Å²) in [5.74, 6) is 1.21. The van der Waals surface area contributed by atoms with E-state index in [2.05, 4.69) is 6.92 Å². The molecule has 2 fully saturated rings. The average molecular weight is 449 g/mol. The van der Waals surface area contributed by atoms with E-state index in [-0.39, 0.29) is 0 Å². The third kappa shape index (κ3) is 6.45. The van der Waals surface area contributed by atoms with E-state index in [1.54, 1.807) is 0 Å². The van der Waals surface area contributed by atoms with E-state index in [1.165, 1.54) is 59.2 Å². The molecule has 3 rings (SSSR count). The lowest BCUT2D eigenvalue weighted by Crippen LogP contribution is -2.38. The number of carbonyl (C=O) groups is 2. The van der Waals surface area contributed by atoms with Crippen molar-refractivity contribution in [1.82, 2.24) is 0 Å². The van der Waals surface area contributed by atoms with Crippen LogP contribution in [0.25, 0.3) is 0 Å². The zero-order valence-corrected chi connectivity index (χ0v) is 19.4. The highest BCUT2D eigenvalue weighted by Crippen LogP contribution is 2.35. The molecule has 2 atom stereocenters. The number of benzene rings is 1. The predicted octanol–water partition coefficient (Wildman–Crippen LogP) is 4.58. The van der Waals surface area contributed by atoms with E-state index >= 15 is 0 Å². The van der Waals surface area contributed by atoms with Crippen LogP contribution in [0.5, 0.6) is 5.75 Å². The van der Waals surface area contributed by atoms with Gasteiger partial charge in [0.2, 0.25) is 0 Å². The maximum atomic E-state index is 11.9. The highest BCUT2D eigenvalue weighted by molar-refractivity contribution is 5.86. The standard InChI is InChI=1S/C25H36O7/c1-4-6-17-8-10-18(11-9-17)7-5-16-30-20-14-12-19(13-15-20)25-31-21(23(26)28-2)22(32-25)24(27)29-3/h12-15,17-18,21-22,25H,4-11,16H2,1-3H3/t17?,18?,21-,22-/m1/s1. The minimum atomic E-state index is -1.16. The van der Waals surface area contributed by atoms with Crippen LogP contribution in [0.2, 0.25) is 0 Å². The Morgan fingerprint density at radius 3 is 1.91 bits per heavy atom. The lowest BCUT2D eigenvalue weighted by Gasteiger charge is -2.28. The second kappa shape index (κ2) is 12.2. The van der Waals surface area contributed by atoms with Crippen molar-refractivity contribution < 1.29 is 33.3 Å². The minimum Gasteiger partial charge on any atom is -0.494 e. The van der Waals surface area contributed by atoms with Crippen molar-refractivity contribution in [3.05, 3.63) is 29.8 Å². The minimum absolute atomic E-state index is 0.679. The first-order valence-electron chi connectivity index (χ1n) is 11.7. The highest BCUT2D eigenvalue weighted by Gasteiger charge is 2.47. The van der Waals surface area contributed by atoms with Crippen molar-refractivity contribution in [2.45, 2.75) is 76.8 Å². The normalized spacial score (nSPS) is 26.0. The molecular formula is C25H36O7. The Kier molecular flexibility index (Phi) is 9.36. The molecule has 1 aliphatic heterocycles. The summed E-state index contributed by atoms with van der Waals surface area (Å²) in [6.45, 7) is 2.97. The summed E-state index contributed by atoms with van der Waals surface area (Å²) in [7, 11) is 2.47. The van der Waals surface area contributed by atoms with Crippen LogP contribution in [0.3, 0.4) is 0 Å². The quantitative estimate of drug-likeness (QED) is 0.383. The van der Waals surface area contributed by atoms with Gasteiger partial charge in [0.1, 0.15) is 5.75 Å². The van der Waals surface area contributed by atoms with Crippen LogP contribution in [0.1, 0.15) is 70.1 Å². The Balaban J connectivity index is 1.43. The summed E-state index contributed by atoms with van der Waals surface area (Å²) in [6, 6.07) is 7.30. The molecule has 1 aromatic rings. The fourth-order valence-electron chi connectivity index (χ4n) is 4.69. The smallest absolute Gasteiger partial charge is 0.338 e. The third-order valence-electron chi connectivity index (χ3n) is 6.52.